The van der Waals surface area contributed by atoms with Gasteiger partial charge in [0.1, 0.15) is 11.5 Å². The topological polar surface area (TPSA) is 91.9 Å². The number of aromatic nitrogens is 2. The van der Waals surface area contributed by atoms with Crippen molar-refractivity contribution in [1.82, 2.24) is 9.97 Å². The number of ketones is 1. The van der Waals surface area contributed by atoms with E-state index in [0.29, 0.717) is 23.9 Å². The molecular formula is C19H17F2N3O3S. The monoisotopic (exact) mass is 405 g/mol. The third-order valence-corrected chi connectivity index (χ3v) is 6.83. The highest BCUT2D eigenvalue weighted by Crippen LogP contribution is 2.31. The van der Waals surface area contributed by atoms with Crippen LogP contribution in [0.4, 0.5) is 14.5 Å². The second-order valence-electron chi connectivity index (χ2n) is 6.92. The molecular weight excluding hydrogens is 388 g/mol. The number of carbonyl (C=O) groups is 1. The van der Waals surface area contributed by atoms with Crippen LogP contribution < -0.4 is 4.72 Å². The van der Waals surface area contributed by atoms with Crippen LogP contribution in [-0.2, 0) is 10.0 Å². The number of sulfonamides is 1. The van der Waals surface area contributed by atoms with E-state index in [1.54, 1.807) is 19.2 Å². The Balaban J connectivity index is 1.76. The van der Waals surface area contributed by atoms with E-state index in [1.165, 1.54) is 6.20 Å². The number of carbonyl (C=O) groups excluding carboxylic acids is 1. The molecule has 1 fully saturated rings. The molecule has 9 heteroatoms. The SMILES string of the molecule is Cc1cnc2[nH]cc(C(=O)c3c(F)ccc(NS(=O)(=O)C4CCC4)c3F)c2c1. The second kappa shape index (κ2) is 6.66. The van der Waals surface area contributed by atoms with Crippen LogP contribution in [0.2, 0.25) is 0 Å². The Kier molecular flexibility index (Phi) is 4.41. The second-order valence-corrected chi connectivity index (χ2v) is 8.89. The Labute approximate surface area is 160 Å². The summed E-state index contributed by atoms with van der Waals surface area (Å²) in [5.41, 5.74) is 0.00530. The lowest BCUT2D eigenvalue weighted by Crippen LogP contribution is -2.33. The maximum absolute atomic E-state index is 15.0. The molecule has 28 heavy (non-hydrogen) atoms. The maximum atomic E-state index is 15.0. The molecule has 0 atom stereocenters. The van der Waals surface area contributed by atoms with Crippen molar-refractivity contribution in [3.63, 3.8) is 0 Å². The Bertz CT molecular complexity index is 1200. The van der Waals surface area contributed by atoms with Gasteiger partial charge >= 0.3 is 0 Å². The van der Waals surface area contributed by atoms with Gasteiger partial charge in [-0.2, -0.15) is 0 Å². The summed E-state index contributed by atoms with van der Waals surface area (Å²) in [6, 6.07) is 3.55. The van der Waals surface area contributed by atoms with Crippen molar-refractivity contribution in [2.75, 3.05) is 4.72 Å². The fourth-order valence-corrected chi connectivity index (χ4v) is 4.77. The summed E-state index contributed by atoms with van der Waals surface area (Å²) in [4.78, 5) is 19.8. The van der Waals surface area contributed by atoms with E-state index < -0.39 is 43.9 Å². The van der Waals surface area contributed by atoms with Crippen LogP contribution in [0.1, 0.15) is 40.7 Å². The molecule has 0 saturated heterocycles. The molecule has 2 heterocycles. The zero-order valence-electron chi connectivity index (χ0n) is 14.9. The number of anilines is 1. The molecule has 2 aromatic heterocycles. The van der Waals surface area contributed by atoms with Crippen LogP contribution in [0.15, 0.2) is 30.6 Å². The Morgan fingerprint density at radius 2 is 2.04 bits per heavy atom. The third-order valence-electron chi connectivity index (χ3n) is 4.97. The lowest BCUT2D eigenvalue weighted by atomic mass is 10.0. The van der Waals surface area contributed by atoms with E-state index in [2.05, 4.69) is 14.7 Å². The molecule has 4 rings (SSSR count). The number of aryl methyl sites for hydroxylation is 1. The van der Waals surface area contributed by atoms with Crippen molar-refractivity contribution in [2.45, 2.75) is 31.4 Å². The number of pyridine rings is 1. The summed E-state index contributed by atoms with van der Waals surface area (Å²) in [5.74, 6) is -3.19. The van der Waals surface area contributed by atoms with E-state index in [4.69, 9.17) is 0 Å². The molecule has 146 valence electrons. The van der Waals surface area contributed by atoms with Gasteiger partial charge in [0.05, 0.1) is 16.5 Å². The Morgan fingerprint density at radius 1 is 1.29 bits per heavy atom. The predicted octanol–water partition coefficient (Wildman–Crippen LogP) is 3.67. The fraction of sp³-hybridized carbons (Fsp3) is 0.263. The van der Waals surface area contributed by atoms with Gasteiger partial charge < -0.3 is 4.98 Å². The Hall–Kier alpha value is -2.81. The van der Waals surface area contributed by atoms with Crippen LogP contribution in [-0.4, -0.2) is 29.4 Å². The molecule has 0 amide bonds. The molecule has 0 aliphatic heterocycles. The first-order valence-electron chi connectivity index (χ1n) is 8.76. The number of aromatic amines is 1. The molecule has 0 spiro atoms. The lowest BCUT2D eigenvalue weighted by Gasteiger charge is -2.25. The summed E-state index contributed by atoms with van der Waals surface area (Å²) in [7, 11) is -3.79. The summed E-state index contributed by atoms with van der Waals surface area (Å²) in [6.45, 7) is 1.78. The van der Waals surface area contributed by atoms with Gasteiger partial charge in [-0.25, -0.2) is 22.2 Å². The molecule has 1 saturated carbocycles. The molecule has 1 aliphatic carbocycles. The van der Waals surface area contributed by atoms with Crippen LogP contribution in [0.3, 0.4) is 0 Å². The van der Waals surface area contributed by atoms with Gasteiger partial charge in [-0.15, -0.1) is 0 Å². The lowest BCUT2D eigenvalue weighted by molar-refractivity contribution is 0.103. The minimum absolute atomic E-state index is 0.0583. The largest absolute Gasteiger partial charge is 0.345 e. The fourth-order valence-electron chi connectivity index (χ4n) is 3.19. The average molecular weight is 405 g/mol. The minimum atomic E-state index is -3.79. The number of benzene rings is 1. The van der Waals surface area contributed by atoms with Crippen LogP contribution in [0.5, 0.6) is 0 Å². The number of hydrogen-bond donors (Lipinski definition) is 2. The van der Waals surface area contributed by atoms with E-state index in [1.807, 2.05) is 0 Å². The molecule has 3 aromatic rings. The third kappa shape index (κ3) is 3.05. The van der Waals surface area contributed by atoms with Gasteiger partial charge in [-0.05, 0) is 43.5 Å². The van der Waals surface area contributed by atoms with E-state index in [-0.39, 0.29) is 5.56 Å². The van der Waals surface area contributed by atoms with Gasteiger partial charge in [0.25, 0.3) is 0 Å². The summed E-state index contributed by atoms with van der Waals surface area (Å²) in [5, 5.41) is -0.164. The van der Waals surface area contributed by atoms with Crippen molar-refractivity contribution >= 4 is 32.5 Å². The van der Waals surface area contributed by atoms with Crippen molar-refractivity contribution < 1.29 is 22.0 Å². The van der Waals surface area contributed by atoms with E-state index in [0.717, 1.165) is 24.1 Å². The highest BCUT2D eigenvalue weighted by atomic mass is 32.2. The molecule has 0 radical (unpaired) electrons. The molecule has 0 bridgehead atoms. The summed E-state index contributed by atoms with van der Waals surface area (Å²) >= 11 is 0. The summed E-state index contributed by atoms with van der Waals surface area (Å²) in [6.07, 6.45) is 4.71. The number of nitrogens with one attached hydrogen (secondary N) is 2. The Morgan fingerprint density at radius 3 is 2.71 bits per heavy atom. The molecule has 2 N–H and O–H groups in total. The number of rotatable bonds is 5. The summed E-state index contributed by atoms with van der Waals surface area (Å²) < 4.78 is 56.0. The molecule has 0 unspecified atom stereocenters. The van der Waals surface area contributed by atoms with Gasteiger partial charge in [0.15, 0.2) is 5.82 Å². The van der Waals surface area contributed by atoms with Crippen molar-refractivity contribution in [3.8, 4) is 0 Å². The number of fused-ring (bicyclic) bond motifs is 1. The highest BCUT2D eigenvalue weighted by molar-refractivity contribution is 7.93. The zero-order chi connectivity index (χ0) is 20.1. The number of hydrogen-bond acceptors (Lipinski definition) is 4. The number of H-pyrrole nitrogens is 1. The van der Waals surface area contributed by atoms with Crippen LogP contribution >= 0.6 is 0 Å². The van der Waals surface area contributed by atoms with Crippen molar-refractivity contribution in [2.24, 2.45) is 0 Å². The van der Waals surface area contributed by atoms with Gasteiger partial charge in [-0.3, -0.25) is 9.52 Å². The smallest absolute Gasteiger partial charge is 0.235 e. The first-order chi connectivity index (χ1) is 13.3. The minimum Gasteiger partial charge on any atom is -0.345 e. The maximum Gasteiger partial charge on any atom is 0.235 e. The van der Waals surface area contributed by atoms with Crippen LogP contribution in [0, 0.1) is 18.6 Å². The van der Waals surface area contributed by atoms with Crippen molar-refractivity contribution in [1.29, 1.82) is 0 Å². The van der Waals surface area contributed by atoms with Gasteiger partial charge in [-0.1, -0.05) is 6.42 Å². The first-order valence-corrected chi connectivity index (χ1v) is 10.3. The predicted molar refractivity (Wildman–Crippen MR) is 101 cm³/mol. The number of nitrogens with zero attached hydrogens (tertiary/aromatic N) is 1. The molecule has 1 aliphatic rings. The van der Waals surface area contributed by atoms with Crippen LogP contribution in [0.25, 0.3) is 11.0 Å². The quantitative estimate of drug-likeness (QED) is 0.634. The highest BCUT2D eigenvalue weighted by Gasteiger charge is 2.33. The molecule has 6 nitrogen and oxygen atoms in total. The molecule has 1 aromatic carbocycles. The van der Waals surface area contributed by atoms with Gasteiger partial charge in [0, 0.05) is 23.3 Å². The number of halogens is 2. The van der Waals surface area contributed by atoms with E-state index >= 15 is 0 Å². The van der Waals surface area contributed by atoms with Crippen molar-refractivity contribution in [3.05, 3.63) is 58.9 Å². The van der Waals surface area contributed by atoms with Gasteiger partial charge in [0.2, 0.25) is 15.8 Å². The average Bonchev–Trinajstić information content (AvgIpc) is 2.98. The zero-order valence-corrected chi connectivity index (χ0v) is 15.7. The van der Waals surface area contributed by atoms with E-state index in [9.17, 15) is 22.0 Å². The standard InChI is InChI=1S/C19H17F2N3O3S/c1-10-7-12-13(9-23-19(12)22-8-10)18(25)16-14(20)5-6-15(17(16)21)24-28(26,27)11-3-2-4-11/h5-9,11,24H,2-4H2,1H3,(H,22,23). The first kappa shape index (κ1) is 18.5. The normalized spacial score (nSPS) is 14.8.